The molecule has 0 N–H and O–H groups in total. The van der Waals surface area contributed by atoms with E-state index in [1.807, 2.05) is 24.3 Å². The summed E-state index contributed by atoms with van der Waals surface area (Å²) in [7, 11) is 0. The third kappa shape index (κ3) is 4.69. The Morgan fingerprint density at radius 1 is 0.838 bits per heavy atom. The van der Waals surface area contributed by atoms with Gasteiger partial charge in [-0.25, -0.2) is 13.2 Å². The number of fused-ring (bicyclic) bond motifs is 1. The molecule has 1 fully saturated rings. The maximum absolute atomic E-state index is 16.0. The van der Waals surface area contributed by atoms with Crippen molar-refractivity contribution in [3.05, 3.63) is 101 Å². The Balaban J connectivity index is 0.00000320. The van der Waals surface area contributed by atoms with Crippen molar-refractivity contribution in [3.63, 3.8) is 0 Å². The summed E-state index contributed by atoms with van der Waals surface area (Å²) < 4.78 is 74.7. The standard InChI is InChI=1S/C29H26F5N2.HI/c1-28(2)21-7-3-4-8-24(21)36(29(33,34)22-14-15-23(30)27(32)26(22)31)25(28)16-11-19-9-12-20(13-10-19)35-17-5-6-18-35;/h3-4,7-16H,5-6,17-18H2,1-2H3;1H/q+1;/p-1. The van der Waals surface area contributed by atoms with Gasteiger partial charge in [-0.1, -0.05) is 30.3 Å². The number of allylic oxidation sites excluding steroid dienone is 1. The van der Waals surface area contributed by atoms with Crippen LogP contribution in [0.15, 0.2) is 66.7 Å². The molecule has 2 heterocycles. The van der Waals surface area contributed by atoms with Gasteiger partial charge in [0.2, 0.25) is 5.69 Å². The molecule has 0 atom stereocenters. The van der Waals surface area contributed by atoms with Gasteiger partial charge in [-0.2, -0.15) is 0 Å². The van der Waals surface area contributed by atoms with E-state index in [0.717, 1.165) is 41.8 Å². The molecular weight excluding hydrogens is 598 g/mol. The molecule has 8 heteroatoms. The highest BCUT2D eigenvalue weighted by atomic mass is 127. The quantitative estimate of drug-likeness (QED) is 0.133. The Morgan fingerprint density at radius 3 is 2.16 bits per heavy atom. The lowest BCUT2D eigenvalue weighted by molar-refractivity contribution is -0.625. The molecule has 5 rings (SSSR count). The lowest BCUT2D eigenvalue weighted by Gasteiger charge is -2.18. The van der Waals surface area contributed by atoms with Crippen LogP contribution in [0.2, 0.25) is 0 Å². The molecule has 2 nitrogen and oxygen atoms in total. The first-order valence-electron chi connectivity index (χ1n) is 11.9. The van der Waals surface area contributed by atoms with Crippen LogP contribution in [0.25, 0.3) is 6.08 Å². The van der Waals surface area contributed by atoms with E-state index in [-0.39, 0.29) is 35.4 Å². The number of hydrogen-bond acceptors (Lipinski definition) is 1. The lowest BCUT2D eigenvalue weighted by Crippen LogP contribution is -3.00. The van der Waals surface area contributed by atoms with Crippen molar-refractivity contribution in [2.24, 2.45) is 0 Å². The van der Waals surface area contributed by atoms with Crippen LogP contribution in [0.3, 0.4) is 0 Å². The SMILES string of the molecule is CC1(C)C(C=Cc2ccc(N3CCCC3)cc2)=[N+](C(F)(F)c2ccc(F)c(F)c2F)c2ccccc21.[I-]. The van der Waals surface area contributed by atoms with Gasteiger partial charge in [-0.05, 0) is 62.6 Å². The van der Waals surface area contributed by atoms with Gasteiger partial charge in [-0.15, -0.1) is 13.4 Å². The summed E-state index contributed by atoms with van der Waals surface area (Å²) in [5.41, 5.74) is 0.863. The number of nitrogens with zero attached hydrogens (tertiary/aromatic N) is 2. The summed E-state index contributed by atoms with van der Waals surface area (Å²) in [6.45, 7) is 5.65. The molecule has 2 aliphatic heterocycles. The predicted octanol–water partition coefficient (Wildman–Crippen LogP) is 4.55. The monoisotopic (exact) mass is 624 g/mol. The second-order valence-electron chi connectivity index (χ2n) is 9.75. The molecular formula is C29H26F5IN2. The Hall–Kier alpha value is -2.75. The maximum atomic E-state index is 16.0. The van der Waals surface area contributed by atoms with E-state index in [9.17, 15) is 13.2 Å². The summed E-state index contributed by atoms with van der Waals surface area (Å²) in [4.78, 5) is 2.30. The van der Waals surface area contributed by atoms with Gasteiger partial charge in [0.05, 0.1) is 5.41 Å². The fraction of sp³-hybridized carbons (Fsp3) is 0.276. The first-order valence-corrected chi connectivity index (χ1v) is 11.9. The van der Waals surface area contributed by atoms with Crippen LogP contribution in [-0.4, -0.2) is 23.4 Å². The van der Waals surface area contributed by atoms with Crippen LogP contribution in [0.5, 0.6) is 0 Å². The minimum absolute atomic E-state index is 0. The number of halogens is 6. The molecule has 37 heavy (non-hydrogen) atoms. The highest BCUT2D eigenvalue weighted by molar-refractivity contribution is 6.05. The predicted molar refractivity (Wildman–Crippen MR) is 132 cm³/mol. The zero-order valence-electron chi connectivity index (χ0n) is 20.4. The molecule has 1 saturated heterocycles. The third-order valence-corrected chi connectivity index (χ3v) is 7.14. The number of benzene rings is 3. The molecule has 3 aromatic carbocycles. The molecule has 0 radical (unpaired) electrons. The van der Waals surface area contributed by atoms with Crippen molar-refractivity contribution in [3.8, 4) is 0 Å². The molecule has 2 aliphatic rings. The maximum Gasteiger partial charge on any atom is 0.493 e. The largest absolute Gasteiger partial charge is 1.00 e. The van der Waals surface area contributed by atoms with Crippen LogP contribution in [0, 0.1) is 17.5 Å². The van der Waals surface area contributed by atoms with Crippen LogP contribution >= 0.6 is 0 Å². The highest BCUT2D eigenvalue weighted by Gasteiger charge is 2.57. The van der Waals surface area contributed by atoms with E-state index >= 15 is 8.78 Å². The van der Waals surface area contributed by atoms with Crippen LogP contribution in [-0.2, 0) is 11.5 Å². The smallest absolute Gasteiger partial charge is 0.493 e. The van der Waals surface area contributed by atoms with Crippen molar-refractivity contribution < 1.29 is 50.5 Å². The summed E-state index contributed by atoms with van der Waals surface area (Å²) in [5, 5.41) is 0. The molecule has 0 aliphatic carbocycles. The van der Waals surface area contributed by atoms with Gasteiger partial charge >= 0.3 is 6.05 Å². The minimum Gasteiger partial charge on any atom is -1.00 e. The second-order valence-corrected chi connectivity index (χ2v) is 9.75. The number of para-hydroxylation sites is 1. The summed E-state index contributed by atoms with van der Waals surface area (Å²) in [5.74, 6) is -5.34. The average Bonchev–Trinajstić information content (AvgIpc) is 3.47. The third-order valence-electron chi connectivity index (χ3n) is 7.14. The normalized spacial score (nSPS) is 16.9. The van der Waals surface area contributed by atoms with Gasteiger partial charge in [0.25, 0.3) is 0 Å². The molecule has 3 aromatic rings. The molecule has 0 bridgehead atoms. The van der Waals surface area contributed by atoms with Gasteiger partial charge in [0.15, 0.2) is 23.2 Å². The summed E-state index contributed by atoms with van der Waals surface area (Å²) in [6.07, 6.45) is 5.66. The molecule has 0 amide bonds. The topological polar surface area (TPSA) is 6.25 Å². The second kappa shape index (κ2) is 10.2. The summed E-state index contributed by atoms with van der Waals surface area (Å²) >= 11 is 0. The Morgan fingerprint density at radius 2 is 1.49 bits per heavy atom. The molecule has 0 unspecified atom stereocenters. The molecule has 0 spiro atoms. The number of rotatable bonds is 5. The van der Waals surface area contributed by atoms with Crippen molar-refractivity contribution in [2.45, 2.75) is 38.2 Å². The molecule has 0 aromatic heterocycles. The van der Waals surface area contributed by atoms with E-state index in [4.69, 9.17) is 0 Å². The van der Waals surface area contributed by atoms with Crippen LogP contribution < -0.4 is 28.9 Å². The first-order chi connectivity index (χ1) is 17.1. The number of hydrogen-bond donors (Lipinski definition) is 0. The van der Waals surface area contributed by atoms with Crippen molar-refractivity contribution in [1.82, 2.24) is 0 Å². The molecule has 0 saturated carbocycles. The van der Waals surface area contributed by atoms with Crippen molar-refractivity contribution in [2.75, 3.05) is 18.0 Å². The Labute approximate surface area is 230 Å². The fourth-order valence-electron chi connectivity index (χ4n) is 5.16. The van der Waals surface area contributed by atoms with Crippen LogP contribution in [0.4, 0.5) is 33.3 Å². The van der Waals surface area contributed by atoms with Crippen LogP contribution in [0.1, 0.15) is 43.4 Å². The van der Waals surface area contributed by atoms with E-state index in [0.29, 0.717) is 17.7 Å². The van der Waals surface area contributed by atoms with Gasteiger partial charge < -0.3 is 28.9 Å². The summed E-state index contributed by atoms with van der Waals surface area (Å²) in [6, 6.07) is 11.6. The number of alkyl halides is 2. The Kier molecular flexibility index (Phi) is 7.52. The van der Waals surface area contributed by atoms with Gasteiger partial charge in [0.1, 0.15) is 5.56 Å². The lowest BCUT2D eigenvalue weighted by atomic mass is 9.81. The van der Waals surface area contributed by atoms with E-state index < -0.39 is 34.5 Å². The zero-order valence-corrected chi connectivity index (χ0v) is 22.6. The van der Waals surface area contributed by atoms with E-state index in [1.165, 1.54) is 6.07 Å². The fourth-order valence-corrected chi connectivity index (χ4v) is 5.16. The van der Waals surface area contributed by atoms with Gasteiger partial charge in [0, 0.05) is 36.5 Å². The first kappa shape index (κ1) is 27.3. The molecule has 194 valence electrons. The average molecular weight is 624 g/mol. The zero-order chi connectivity index (χ0) is 25.7. The van der Waals surface area contributed by atoms with Gasteiger partial charge in [-0.3, -0.25) is 0 Å². The number of anilines is 1. The van der Waals surface area contributed by atoms with Crippen molar-refractivity contribution >= 4 is 23.2 Å². The van der Waals surface area contributed by atoms with Crippen molar-refractivity contribution in [1.29, 1.82) is 0 Å². The highest BCUT2D eigenvalue weighted by Crippen LogP contribution is 2.47. The van der Waals surface area contributed by atoms with E-state index in [2.05, 4.69) is 4.90 Å². The Bertz CT molecular complexity index is 1370. The minimum atomic E-state index is -3.98. The van der Waals surface area contributed by atoms with E-state index in [1.54, 1.807) is 44.2 Å².